The number of nitrogens with two attached hydrogens (primary N) is 1. The predicted molar refractivity (Wildman–Crippen MR) is 71.3 cm³/mol. The topological polar surface area (TPSA) is 50.9 Å². The maximum atomic E-state index is 5.82. The fourth-order valence-corrected chi connectivity index (χ4v) is 1.63. The fourth-order valence-electron chi connectivity index (χ4n) is 1.63. The number of anilines is 2. The van der Waals surface area contributed by atoms with Gasteiger partial charge in [0.25, 0.3) is 0 Å². The molecule has 0 spiro atoms. The van der Waals surface area contributed by atoms with Gasteiger partial charge in [-0.15, -0.1) is 0 Å². The normalized spacial score (nSPS) is 12.2. The highest BCUT2D eigenvalue weighted by molar-refractivity contribution is 5.59. The van der Waals surface area contributed by atoms with Crippen molar-refractivity contribution in [3.8, 4) is 0 Å². The van der Waals surface area contributed by atoms with E-state index in [0.717, 1.165) is 22.6 Å². The number of aromatic nitrogens is 1. The summed E-state index contributed by atoms with van der Waals surface area (Å²) in [6.45, 7) is 3.99. The second-order valence-corrected chi connectivity index (χ2v) is 4.21. The largest absolute Gasteiger partial charge is 0.340 e. The molecule has 2 rings (SSSR count). The molecule has 0 saturated heterocycles. The molecule has 0 aliphatic carbocycles. The predicted octanol–water partition coefficient (Wildman–Crippen LogP) is 3.15. The summed E-state index contributed by atoms with van der Waals surface area (Å²) in [4.78, 5) is 4.40. The molecule has 17 heavy (non-hydrogen) atoms. The van der Waals surface area contributed by atoms with E-state index in [1.165, 1.54) is 0 Å². The number of benzene rings is 1. The number of nitrogens with one attached hydrogen (secondary N) is 1. The van der Waals surface area contributed by atoms with Gasteiger partial charge in [-0.05, 0) is 43.2 Å². The molecule has 0 amide bonds. The lowest BCUT2D eigenvalue weighted by Crippen LogP contribution is -2.07. The Balaban J connectivity index is 2.23. The number of pyridine rings is 1. The van der Waals surface area contributed by atoms with E-state index in [0.29, 0.717) is 0 Å². The Hall–Kier alpha value is -1.87. The van der Waals surface area contributed by atoms with E-state index in [2.05, 4.69) is 16.4 Å². The third-order valence-electron chi connectivity index (χ3n) is 2.66. The minimum atomic E-state index is 0.0203. The van der Waals surface area contributed by atoms with Crippen molar-refractivity contribution in [3.63, 3.8) is 0 Å². The van der Waals surface area contributed by atoms with Gasteiger partial charge >= 0.3 is 0 Å². The third kappa shape index (κ3) is 2.82. The van der Waals surface area contributed by atoms with Crippen molar-refractivity contribution in [2.24, 2.45) is 5.73 Å². The molecule has 2 aromatic rings. The second-order valence-electron chi connectivity index (χ2n) is 4.21. The first kappa shape index (κ1) is 11.6. The van der Waals surface area contributed by atoms with Crippen LogP contribution in [0.3, 0.4) is 0 Å². The summed E-state index contributed by atoms with van der Waals surface area (Å²) < 4.78 is 0. The van der Waals surface area contributed by atoms with Crippen molar-refractivity contribution in [1.82, 2.24) is 4.98 Å². The van der Waals surface area contributed by atoms with Crippen molar-refractivity contribution in [1.29, 1.82) is 0 Å². The Morgan fingerprint density at radius 1 is 1.24 bits per heavy atom. The quantitative estimate of drug-likeness (QED) is 0.846. The first-order chi connectivity index (χ1) is 8.16. The van der Waals surface area contributed by atoms with Crippen LogP contribution in [-0.2, 0) is 0 Å². The minimum Gasteiger partial charge on any atom is -0.340 e. The van der Waals surface area contributed by atoms with Crippen molar-refractivity contribution >= 4 is 11.5 Å². The number of rotatable bonds is 3. The van der Waals surface area contributed by atoms with Crippen LogP contribution in [0, 0.1) is 6.92 Å². The van der Waals surface area contributed by atoms with Crippen LogP contribution in [0.1, 0.15) is 24.1 Å². The average molecular weight is 227 g/mol. The smallest absolute Gasteiger partial charge is 0.133 e. The second kappa shape index (κ2) is 4.97. The zero-order chi connectivity index (χ0) is 12.3. The molecule has 0 fully saturated rings. The van der Waals surface area contributed by atoms with Crippen LogP contribution in [0.2, 0.25) is 0 Å². The van der Waals surface area contributed by atoms with Gasteiger partial charge in [-0.2, -0.15) is 0 Å². The van der Waals surface area contributed by atoms with Gasteiger partial charge in [0.15, 0.2) is 0 Å². The standard InChI is InChI=1S/C14H17N3/c1-10-8-12(11(2)15)9-16-14(10)17-13-6-4-3-5-7-13/h3-9,11H,15H2,1-2H3,(H,16,17)/t11-/m0/s1. The van der Waals surface area contributed by atoms with E-state index in [1.54, 1.807) is 0 Å². The Bertz CT molecular complexity index is 492. The van der Waals surface area contributed by atoms with E-state index < -0.39 is 0 Å². The van der Waals surface area contributed by atoms with E-state index >= 15 is 0 Å². The average Bonchev–Trinajstić information content (AvgIpc) is 2.33. The first-order valence-electron chi connectivity index (χ1n) is 5.71. The maximum absolute atomic E-state index is 5.82. The molecule has 3 N–H and O–H groups in total. The van der Waals surface area contributed by atoms with Crippen LogP contribution in [0.4, 0.5) is 11.5 Å². The van der Waals surface area contributed by atoms with Gasteiger partial charge in [-0.3, -0.25) is 0 Å². The number of para-hydroxylation sites is 1. The summed E-state index contributed by atoms with van der Waals surface area (Å²) in [6.07, 6.45) is 1.82. The number of hydrogen-bond acceptors (Lipinski definition) is 3. The van der Waals surface area contributed by atoms with E-state index in [9.17, 15) is 0 Å². The number of hydrogen-bond donors (Lipinski definition) is 2. The molecule has 0 unspecified atom stereocenters. The molecule has 1 atom stereocenters. The van der Waals surface area contributed by atoms with Crippen molar-refractivity contribution in [2.45, 2.75) is 19.9 Å². The molecule has 3 heteroatoms. The van der Waals surface area contributed by atoms with Gasteiger partial charge < -0.3 is 11.1 Å². The lowest BCUT2D eigenvalue weighted by Gasteiger charge is -2.11. The molecular formula is C14H17N3. The SMILES string of the molecule is Cc1cc([C@H](C)N)cnc1Nc1ccccc1. The molecule has 0 bridgehead atoms. The molecule has 0 saturated carbocycles. The van der Waals surface area contributed by atoms with Crippen LogP contribution in [0.5, 0.6) is 0 Å². The Kier molecular flexibility index (Phi) is 3.40. The summed E-state index contributed by atoms with van der Waals surface area (Å²) in [5, 5.41) is 3.29. The Morgan fingerprint density at radius 2 is 1.94 bits per heavy atom. The molecule has 88 valence electrons. The van der Waals surface area contributed by atoms with Gasteiger partial charge in [0, 0.05) is 17.9 Å². The summed E-state index contributed by atoms with van der Waals surface area (Å²) >= 11 is 0. The Labute approximate surface area is 102 Å². The highest BCUT2D eigenvalue weighted by atomic mass is 15.0. The minimum absolute atomic E-state index is 0.0203. The summed E-state index contributed by atoms with van der Waals surface area (Å²) in [5.41, 5.74) is 9.02. The lowest BCUT2D eigenvalue weighted by atomic mass is 10.1. The van der Waals surface area contributed by atoms with Crippen molar-refractivity contribution in [3.05, 3.63) is 53.7 Å². The maximum Gasteiger partial charge on any atom is 0.133 e. The number of nitrogens with zero attached hydrogens (tertiary/aromatic N) is 1. The van der Waals surface area contributed by atoms with Gasteiger partial charge in [-0.25, -0.2) is 4.98 Å². The monoisotopic (exact) mass is 227 g/mol. The highest BCUT2D eigenvalue weighted by Gasteiger charge is 2.04. The van der Waals surface area contributed by atoms with Crippen LogP contribution in [-0.4, -0.2) is 4.98 Å². The van der Waals surface area contributed by atoms with Crippen molar-refractivity contribution in [2.75, 3.05) is 5.32 Å². The zero-order valence-corrected chi connectivity index (χ0v) is 10.1. The van der Waals surface area contributed by atoms with Crippen molar-refractivity contribution < 1.29 is 0 Å². The highest BCUT2D eigenvalue weighted by Crippen LogP contribution is 2.20. The van der Waals surface area contributed by atoms with Crippen LogP contribution in [0.15, 0.2) is 42.6 Å². The van der Waals surface area contributed by atoms with Crippen LogP contribution < -0.4 is 11.1 Å². The van der Waals surface area contributed by atoms with Gasteiger partial charge in [-0.1, -0.05) is 18.2 Å². The molecule has 0 radical (unpaired) electrons. The molecule has 0 aliphatic heterocycles. The zero-order valence-electron chi connectivity index (χ0n) is 10.1. The molecule has 1 aromatic carbocycles. The first-order valence-corrected chi connectivity index (χ1v) is 5.71. The van der Waals surface area contributed by atoms with E-state index in [4.69, 9.17) is 5.73 Å². The van der Waals surface area contributed by atoms with E-state index in [-0.39, 0.29) is 6.04 Å². The summed E-state index contributed by atoms with van der Waals surface area (Å²) in [6, 6.07) is 12.1. The number of aryl methyl sites for hydroxylation is 1. The van der Waals surface area contributed by atoms with Gasteiger partial charge in [0.1, 0.15) is 5.82 Å². The lowest BCUT2D eigenvalue weighted by molar-refractivity contribution is 0.810. The summed E-state index contributed by atoms with van der Waals surface area (Å²) in [5.74, 6) is 0.876. The van der Waals surface area contributed by atoms with Crippen LogP contribution >= 0.6 is 0 Å². The summed E-state index contributed by atoms with van der Waals surface area (Å²) in [7, 11) is 0. The van der Waals surface area contributed by atoms with Crippen LogP contribution in [0.25, 0.3) is 0 Å². The fraction of sp³-hybridized carbons (Fsp3) is 0.214. The molecule has 1 aromatic heterocycles. The Morgan fingerprint density at radius 3 is 2.53 bits per heavy atom. The molecule has 0 aliphatic rings. The molecular weight excluding hydrogens is 210 g/mol. The molecule has 3 nitrogen and oxygen atoms in total. The van der Waals surface area contributed by atoms with Gasteiger partial charge in [0.2, 0.25) is 0 Å². The van der Waals surface area contributed by atoms with E-state index in [1.807, 2.05) is 50.4 Å². The van der Waals surface area contributed by atoms with Gasteiger partial charge in [0.05, 0.1) is 0 Å². The third-order valence-corrected chi connectivity index (χ3v) is 2.66. The molecule has 1 heterocycles.